The van der Waals surface area contributed by atoms with Gasteiger partial charge < -0.3 is 16.3 Å². The number of carbonyl (C=O) groups is 1. The lowest BCUT2D eigenvalue weighted by atomic mass is 9.78. The van der Waals surface area contributed by atoms with Crippen LogP contribution < -0.4 is 11.1 Å². The molecule has 1 amide bonds. The molecule has 4 N–H and O–H groups in total. The van der Waals surface area contributed by atoms with Gasteiger partial charge in [-0.25, -0.2) is 0 Å². The number of carbonyl (C=O) groups excluding carboxylic acids is 1. The zero-order valence-corrected chi connectivity index (χ0v) is 12.4. The molecule has 0 spiro atoms. The van der Waals surface area contributed by atoms with Crippen LogP contribution in [0.2, 0.25) is 0 Å². The second kappa shape index (κ2) is 6.46. The second-order valence-corrected chi connectivity index (χ2v) is 6.57. The van der Waals surface area contributed by atoms with Crippen molar-refractivity contribution in [1.82, 2.24) is 5.32 Å². The topological polar surface area (TPSA) is 87.7 Å². The van der Waals surface area contributed by atoms with E-state index in [1.54, 1.807) is 0 Å². The minimum Gasteiger partial charge on any atom is -0.409 e. The first-order valence-corrected chi connectivity index (χ1v) is 7.87. The van der Waals surface area contributed by atoms with Gasteiger partial charge in [-0.2, -0.15) is 0 Å². The van der Waals surface area contributed by atoms with E-state index in [-0.39, 0.29) is 17.8 Å². The molecule has 20 heavy (non-hydrogen) atoms. The lowest BCUT2D eigenvalue weighted by molar-refractivity contribution is -0.129. The number of amidine groups is 1. The average Bonchev–Trinajstić information content (AvgIpc) is 2.70. The molecule has 0 aromatic heterocycles. The van der Waals surface area contributed by atoms with Crippen molar-refractivity contribution >= 4 is 11.7 Å². The molecule has 2 unspecified atom stereocenters. The van der Waals surface area contributed by atoms with Crippen molar-refractivity contribution < 1.29 is 10.0 Å². The summed E-state index contributed by atoms with van der Waals surface area (Å²) in [6.45, 7) is 2.22. The summed E-state index contributed by atoms with van der Waals surface area (Å²) >= 11 is 0. The third kappa shape index (κ3) is 3.07. The van der Waals surface area contributed by atoms with Gasteiger partial charge in [0, 0.05) is 6.04 Å². The summed E-state index contributed by atoms with van der Waals surface area (Å²) in [6.07, 6.45) is 8.80. The Morgan fingerprint density at radius 2 is 1.90 bits per heavy atom. The van der Waals surface area contributed by atoms with Gasteiger partial charge in [0.15, 0.2) is 5.84 Å². The first-order chi connectivity index (χ1) is 9.58. The molecule has 2 aliphatic rings. The van der Waals surface area contributed by atoms with Gasteiger partial charge in [0.25, 0.3) is 0 Å². The maximum absolute atomic E-state index is 12.8. The van der Waals surface area contributed by atoms with Crippen LogP contribution in [0, 0.1) is 11.3 Å². The number of nitrogens with two attached hydrogens (primary N) is 1. The van der Waals surface area contributed by atoms with E-state index in [1.165, 1.54) is 6.42 Å². The van der Waals surface area contributed by atoms with Crippen molar-refractivity contribution in [2.75, 3.05) is 0 Å². The molecule has 2 fully saturated rings. The summed E-state index contributed by atoms with van der Waals surface area (Å²) in [4.78, 5) is 12.8. The lowest BCUT2D eigenvalue weighted by Gasteiger charge is -2.31. The van der Waals surface area contributed by atoms with E-state index >= 15 is 0 Å². The number of amides is 1. The molecule has 5 nitrogen and oxygen atoms in total. The highest BCUT2D eigenvalue weighted by molar-refractivity contribution is 6.06. The Bertz CT molecular complexity index is 373. The van der Waals surface area contributed by atoms with Crippen molar-refractivity contribution in [3.05, 3.63) is 0 Å². The van der Waals surface area contributed by atoms with Crippen LogP contribution in [0.25, 0.3) is 0 Å². The molecule has 2 rings (SSSR count). The molecule has 0 aromatic carbocycles. The highest BCUT2D eigenvalue weighted by Gasteiger charge is 2.44. The molecule has 0 bridgehead atoms. The zero-order valence-electron chi connectivity index (χ0n) is 12.4. The molecular weight excluding hydrogens is 254 g/mol. The Balaban J connectivity index is 2.11. The molecule has 0 aromatic rings. The fraction of sp³-hybridized carbons (Fsp3) is 0.867. The number of nitrogens with zero attached hydrogens (tertiary/aromatic N) is 1. The van der Waals surface area contributed by atoms with E-state index in [9.17, 15) is 4.79 Å². The first-order valence-electron chi connectivity index (χ1n) is 7.87. The monoisotopic (exact) mass is 281 g/mol. The van der Waals surface area contributed by atoms with E-state index < -0.39 is 5.41 Å². The Labute approximate surface area is 121 Å². The smallest absolute Gasteiger partial charge is 0.234 e. The molecule has 2 aliphatic carbocycles. The largest absolute Gasteiger partial charge is 0.409 e. The molecule has 2 saturated carbocycles. The van der Waals surface area contributed by atoms with Gasteiger partial charge in [-0.3, -0.25) is 4.79 Å². The van der Waals surface area contributed by atoms with Crippen LogP contribution in [-0.4, -0.2) is 23.0 Å². The van der Waals surface area contributed by atoms with Gasteiger partial charge in [-0.05, 0) is 38.0 Å². The molecule has 0 saturated heterocycles. The van der Waals surface area contributed by atoms with Crippen LogP contribution in [0.1, 0.15) is 64.7 Å². The minimum absolute atomic E-state index is 0.0335. The third-order valence-corrected chi connectivity index (χ3v) is 5.02. The van der Waals surface area contributed by atoms with E-state index in [4.69, 9.17) is 10.9 Å². The second-order valence-electron chi connectivity index (χ2n) is 6.57. The number of hydrogen-bond donors (Lipinski definition) is 3. The SMILES string of the molecule is CC1CCC(NC(=O)C2(C(N)=NO)CCCCCC2)C1. The van der Waals surface area contributed by atoms with Gasteiger partial charge in [0.1, 0.15) is 5.41 Å². The van der Waals surface area contributed by atoms with Crippen molar-refractivity contribution in [3.63, 3.8) is 0 Å². The predicted molar refractivity (Wildman–Crippen MR) is 78.5 cm³/mol. The van der Waals surface area contributed by atoms with Crippen LogP contribution in [0.15, 0.2) is 5.16 Å². The van der Waals surface area contributed by atoms with Crippen molar-refractivity contribution in [2.24, 2.45) is 22.2 Å². The Morgan fingerprint density at radius 3 is 2.40 bits per heavy atom. The highest BCUT2D eigenvalue weighted by atomic mass is 16.4. The fourth-order valence-corrected chi connectivity index (χ4v) is 3.69. The van der Waals surface area contributed by atoms with Gasteiger partial charge in [-0.15, -0.1) is 0 Å². The summed E-state index contributed by atoms with van der Waals surface area (Å²) in [5, 5.41) is 15.4. The van der Waals surface area contributed by atoms with Gasteiger partial charge in [0.05, 0.1) is 0 Å². The molecular formula is C15H27N3O2. The third-order valence-electron chi connectivity index (χ3n) is 5.02. The maximum atomic E-state index is 12.8. The van der Waals surface area contributed by atoms with Crippen molar-refractivity contribution in [1.29, 1.82) is 0 Å². The van der Waals surface area contributed by atoms with E-state index in [0.29, 0.717) is 18.8 Å². The Hall–Kier alpha value is -1.26. The van der Waals surface area contributed by atoms with Crippen LogP contribution in [0.5, 0.6) is 0 Å². The molecule has 0 aliphatic heterocycles. The van der Waals surface area contributed by atoms with E-state index in [1.807, 2.05) is 0 Å². The number of hydrogen-bond acceptors (Lipinski definition) is 3. The van der Waals surface area contributed by atoms with Gasteiger partial charge >= 0.3 is 0 Å². The normalized spacial score (nSPS) is 30.8. The summed E-state index contributed by atoms with van der Waals surface area (Å²) in [5.74, 6) is 0.728. The molecule has 114 valence electrons. The summed E-state index contributed by atoms with van der Waals surface area (Å²) in [7, 11) is 0. The molecule has 5 heteroatoms. The summed E-state index contributed by atoms with van der Waals surface area (Å²) < 4.78 is 0. The average molecular weight is 281 g/mol. The molecule has 0 radical (unpaired) electrons. The van der Waals surface area contributed by atoms with Crippen LogP contribution >= 0.6 is 0 Å². The highest BCUT2D eigenvalue weighted by Crippen LogP contribution is 2.36. The van der Waals surface area contributed by atoms with Gasteiger partial charge in [0.2, 0.25) is 5.91 Å². The van der Waals surface area contributed by atoms with Crippen molar-refractivity contribution in [2.45, 2.75) is 70.8 Å². The number of rotatable bonds is 3. The predicted octanol–water partition coefficient (Wildman–Crippen LogP) is 2.38. The maximum Gasteiger partial charge on any atom is 0.234 e. The zero-order chi connectivity index (χ0) is 14.6. The number of oxime groups is 1. The van der Waals surface area contributed by atoms with Crippen LogP contribution in [0.3, 0.4) is 0 Å². The van der Waals surface area contributed by atoms with E-state index in [0.717, 1.165) is 38.5 Å². The van der Waals surface area contributed by atoms with Gasteiger partial charge in [-0.1, -0.05) is 37.8 Å². The standard InChI is InChI=1S/C15H27N3O2/c1-11-6-7-12(10-11)17-14(19)15(13(16)18-20)8-4-2-3-5-9-15/h11-12,20H,2-10H2,1H3,(H2,16,18)(H,17,19). The van der Waals surface area contributed by atoms with Crippen molar-refractivity contribution in [3.8, 4) is 0 Å². The quantitative estimate of drug-likeness (QED) is 0.244. The fourth-order valence-electron chi connectivity index (χ4n) is 3.69. The van der Waals surface area contributed by atoms with E-state index in [2.05, 4.69) is 17.4 Å². The molecule has 2 atom stereocenters. The lowest BCUT2D eigenvalue weighted by Crippen LogP contribution is -2.51. The number of nitrogens with one attached hydrogen (secondary N) is 1. The first kappa shape index (κ1) is 15.1. The summed E-state index contributed by atoms with van der Waals surface area (Å²) in [5.41, 5.74) is 5.10. The van der Waals surface area contributed by atoms with Crippen LogP contribution in [0.4, 0.5) is 0 Å². The minimum atomic E-state index is -0.795. The molecule has 0 heterocycles. The summed E-state index contributed by atoms with van der Waals surface area (Å²) in [6, 6.07) is 0.254. The Kier molecular flexibility index (Phi) is 4.89. The Morgan fingerprint density at radius 1 is 1.25 bits per heavy atom. The van der Waals surface area contributed by atoms with Crippen LogP contribution in [-0.2, 0) is 4.79 Å².